The number of benzene rings is 1. The molecule has 2 amide bonds. The number of carbonyl (C=O) groups excluding carboxylic acids is 2. The van der Waals surface area contributed by atoms with Crippen molar-refractivity contribution in [1.29, 1.82) is 0 Å². The Morgan fingerprint density at radius 3 is 2.61 bits per heavy atom. The number of hydrogen-bond donors (Lipinski definition) is 2. The summed E-state index contributed by atoms with van der Waals surface area (Å²) in [5.74, 6) is -2.63. The van der Waals surface area contributed by atoms with Crippen LogP contribution in [0.4, 0.5) is 8.78 Å². The molecule has 1 aliphatic carbocycles. The van der Waals surface area contributed by atoms with E-state index in [0.29, 0.717) is 18.5 Å². The molecule has 0 radical (unpaired) electrons. The minimum atomic E-state index is -0.971. The van der Waals surface area contributed by atoms with E-state index in [0.717, 1.165) is 36.2 Å². The first-order valence-electron chi connectivity index (χ1n) is 9.49. The summed E-state index contributed by atoms with van der Waals surface area (Å²) < 4.78 is 28.4. The van der Waals surface area contributed by atoms with Gasteiger partial charge in [-0.15, -0.1) is 0 Å². The molecule has 0 saturated heterocycles. The largest absolute Gasteiger partial charge is 0.352 e. The Kier molecular flexibility index (Phi) is 5.76. The van der Waals surface area contributed by atoms with Gasteiger partial charge in [-0.1, -0.05) is 6.92 Å². The third-order valence-electron chi connectivity index (χ3n) is 5.03. The molecule has 1 heterocycles. The zero-order valence-electron chi connectivity index (χ0n) is 16.2. The molecule has 0 saturated carbocycles. The van der Waals surface area contributed by atoms with E-state index in [2.05, 4.69) is 15.7 Å². The second-order valence-electron chi connectivity index (χ2n) is 7.15. The van der Waals surface area contributed by atoms with Crippen LogP contribution in [0.25, 0.3) is 5.69 Å². The Morgan fingerprint density at radius 1 is 1.18 bits per heavy atom. The molecular formula is C20H24F2N4O2. The molecule has 2 N–H and O–H groups in total. The number of halogens is 2. The number of nitrogens with one attached hydrogen (secondary N) is 2. The van der Waals surface area contributed by atoms with Crippen LogP contribution in [0.5, 0.6) is 0 Å². The molecular weight excluding hydrogens is 366 g/mol. The summed E-state index contributed by atoms with van der Waals surface area (Å²) in [5.41, 5.74) is 2.18. The summed E-state index contributed by atoms with van der Waals surface area (Å²) in [5, 5.41) is 9.85. The van der Waals surface area contributed by atoms with Crippen molar-refractivity contribution >= 4 is 11.8 Å². The molecule has 0 aliphatic heterocycles. The van der Waals surface area contributed by atoms with Gasteiger partial charge in [0, 0.05) is 23.4 Å². The second-order valence-corrected chi connectivity index (χ2v) is 7.15. The van der Waals surface area contributed by atoms with E-state index in [1.807, 2.05) is 13.8 Å². The average Bonchev–Trinajstić information content (AvgIpc) is 3.26. The first kappa shape index (κ1) is 20.0. The molecule has 8 heteroatoms. The summed E-state index contributed by atoms with van der Waals surface area (Å²) in [4.78, 5) is 24.9. The van der Waals surface area contributed by atoms with E-state index in [-0.39, 0.29) is 17.6 Å². The molecule has 2 aromatic rings. The fourth-order valence-electron chi connectivity index (χ4n) is 3.25. The van der Waals surface area contributed by atoms with Gasteiger partial charge < -0.3 is 10.6 Å². The minimum absolute atomic E-state index is 0.0173. The summed E-state index contributed by atoms with van der Waals surface area (Å²) in [6.07, 6.45) is 3.01. The van der Waals surface area contributed by atoms with Crippen molar-refractivity contribution in [2.45, 2.75) is 58.5 Å². The van der Waals surface area contributed by atoms with Crippen LogP contribution in [0.1, 0.15) is 55.4 Å². The van der Waals surface area contributed by atoms with Gasteiger partial charge in [-0.25, -0.2) is 13.5 Å². The van der Waals surface area contributed by atoms with Gasteiger partial charge in [0.1, 0.15) is 6.04 Å². The Hall–Kier alpha value is -2.77. The maximum atomic E-state index is 13.6. The topological polar surface area (TPSA) is 76.0 Å². The van der Waals surface area contributed by atoms with Gasteiger partial charge in [0.15, 0.2) is 17.3 Å². The van der Waals surface area contributed by atoms with Crippen LogP contribution in [0.15, 0.2) is 18.2 Å². The molecule has 1 aromatic heterocycles. The van der Waals surface area contributed by atoms with Crippen molar-refractivity contribution in [1.82, 2.24) is 20.4 Å². The fraction of sp³-hybridized carbons (Fsp3) is 0.450. The highest BCUT2D eigenvalue weighted by molar-refractivity contribution is 5.97. The van der Waals surface area contributed by atoms with Crippen LogP contribution in [0, 0.1) is 11.6 Å². The smallest absolute Gasteiger partial charge is 0.272 e. The summed E-state index contributed by atoms with van der Waals surface area (Å²) in [7, 11) is 0. The number of carbonyl (C=O) groups is 2. The molecule has 0 spiro atoms. The van der Waals surface area contributed by atoms with Crippen LogP contribution in [-0.2, 0) is 17.6 Å². The Bertz CT molecular complexity index is 910. The van der Waals surface area contributed by atoms with Gasteiger partial charge in [-0.2, -0.15) is 5.10 Å². The normalized spacial score (nSPS) is 15.0. The van der Waals surface area contributed by atoms with Gasteiger partial charge >= 0.3 is 0 Å². The van der Waals surface area contributed by atoms with Crippen molar-refractivity contribution in [3.05, 3.63) is 46.8 Å². The third-order valence-corrected chi connectivity index (χ3v) is 5.03. The van der Waals surface area contributed by atoms with Gasteiger partial charge in [0.05, 0.1) is 5.69 Å². The monoisotopic (exact) mass is 390 g/mol. The Morgan fingerprint density at radius 2 is 1.93 bits per heavy atom. The number of rotatable bonds is 6. The number of amides is 2. The molecule has 3 rings (SSSR count). The molecule has 28 heavy (non-hydrogen) atoms. The number of aromatic nitrogens is 2. The van der Waals surface area contributed by atoms with E-state index in [1.54, 1.807) is 6.92 Å². The number of fused-ring (bicyclic) bond motifs is 1. The predicted octanol–water partition coefficient (Wildman–Crippen LogP) is 2.67. The Balaban J connectivity index is 1.84. The zero-order valence-corrected chi connectivity index (χ0v) is 16.2. The molecule has 0 fully saturated rings. The highest BCUT2D eigenvalue weighted by Gasteiger charge is 2.28. The van der Waals surface area contributed by atoms with Crippen molar-refractivity contribution in [2.24, 2.45) is 0 Å². The van der Waals surface area contributed by atoms with E-state index in [1.165, 1.54) is 10.7 Å². The van der Waals surface area contributed by atoms with Crippen LogP contribution in [-0.4, -0.2) is 33.7 Å². The van der Waals surface area contributed by atoms with Crippen LogP contribution in [0.2, 0.25) is 0 Å². The van der Waals surface area contributed by atoms with E-state index < -0.39 is 23.6 Å². The van der Waals surface area contributed by atoms with Gasteiger partial charge in [-0.3, -0.25) is 9.59 Å². The molecule has 0 bridgehead atoms. The number of nitrogens with zero attached hydrogens (tertiary/aromatic N) is 2. The highest BCUT2D eigenvalue weighted by Crippen LogP contribution is 2.28. The minimum Gasteiger partial charge on any atom is -0.352 e. The maximum Gasteiger partial charge on any atom is 0.272 e. The highest BCUT2D eigenvalue weighted by atomic mass is 19.2. The molecule has 1 aliphatic rings. The first-order chi connectivity index (χ1) is 13.3. The lowest BCUT2D eigenvalue weighted by Gasteiger charge is -2.17. The van der Waals surface area contributed by atoms with Crippen molar-refractivity contribution in [2.75, 3.05) is 0 Å². The quantitative estimate of drug-likeness (QED) is 0.796. The molecule has 150 valence electrons. The molecule has 2 atom stereocenters. The lowest BCUT2D eigenvalue weighted by atomic mass is 10.1. The van der Waals surface area contributed by atoms with Gasteiger partial charge in [-0.05, 0) is 51.7 Å². The SMILES string of the molecule is CCC(C)NC(=O)C(C)NC(=O)c1nn(-c2ccc(F)c(F)c2)c2c1CCC2. The first-order valence-corrected chi connectivity index (χ1v) is 9.49. The fourth-order valence-corrected chi connectivity index (χ4v) is 3.25. The summed E-state index contributed by atoms with van der Waals surface area (Å²) in [6.45, 7) is 5.47. The Labute approximate surface area is 162 Å². The number of hydrogen-bond acceptors (Lipinski definition) is 3. The lowest BCUT2D eigenvalue weighted by molar-refractivity contribution is -0.123. The lowest BCUT2D eigenvalue weighted by Crippen LogP contribution is -2.47. The van der Waals surface area contributed by atoms with E-state index >= 15 is 0 Å². The standard InChI is InChI=1S/C20H24F2N4O2/c1-4-11(2)23-19(27)12(3)24-20(28)18-14-6-5-7-17(14)26(25-18)13-8-9-15(21)16(22)10-13/h8-12H,4-7H2,1-3H3,(H,23,27)(H,24,28). The third kappa shape index (κ3) is 3.90. The predicted molar refractivity (Wildman–Crippen MR) is 100 cm³/mol. The van der Waals surface area contributed by atoms with Crippen molar-refractivity contribution in [3.63, 3.8) is 0 Å². The zero-order chi connectivity index (χ0) is 20.4. The summed E-state index contributed by atoms with van der Waals surface area (Å²) in [6, 6.07) is 2.82. The molecule has 6 nitrogen and oxygen atoms in total. The second kappa shape index (κ2) is 8.08. The average molecular weight is 390 g/mol. The van der Waals surface area contributed by atoms with Crippen molar-refractivity contribution in [3.8, 4) is 5.69 Å². The van der Waals surface area contributed by atoms with Gasteiger partial charge in [0.2, 0.25) is 5.91 Å². The van der Waals surface area contributed by atoms with Crippen molar-refractivity contribution < 1.29 is 18.4 Å². The maximum absolute atomic E-state index is 13.6. The molecule has 2 unspecified atom stereocenters. The van der Waals surface area contributed by atoms with Crippen LogP contribution in [0.3, 0.4) is 0 Å². The molecule has 1 aromatic carbocycles. The van der Waals surface area contributed by atoms with E-state index in [9.17, 15) is 18.4 Å². The van der Waals surface area contributed by atoms with Gasteiger partial charge in [0.25, 0.3) is 5.91 Å². The summed E-state index contributed by atoms with van der Waals surface area (Å²) >= 11 is 0. The van der Waals surface area contributed by atoms with Crippen LogP contribution >= 0.6 is 0 Å². The van der Waals surface area contributed by atoms with E-state index in [4.69, 9.17) is 0 Å². The van der Waals surface area contributed by atoms with Crippen LogP contribution < -0.4 is 10.6 Å².